The first kappa shape index (κ1) is 31.1. The van der Waals surface area contributed by atoms with Crippen molar-refractivity contribution in [1.29, 1.82) is 0 Å². The van der Waals surface area contributed by atoms with Crippen LogP contribution in [-0.2, 0) is 5.41 Å². The largest absolute Gasteiger partial charge is 0.231 e. The molecule has 10 rings (SSSR count). The molecule has 1 aliphatic carbocycles. The second-order valence-corrected chi connectivity index (χ2v) is 14.6. The van der Waals surface area contributed by atoms with E-state index in [1.54, 1.807) is 0 Å². The highest BCUT2D eigenvalue weighted by molar-refractivity contribution is 6.03. The van der Waals surface area contributed by atoms with Crippen molar-refractivity contribution in [3.8, 4) is 67.2 Å². The molecule has 0 bridgehead atoms. The second kappa shape index (κ2) is 12.3. The first-order valence-electron chi connectivity index (χ1n) is 18.3. The number of benzene rings is 8. The summed E-state index contributed by atoms with van der Waals surface area (Å²) in [5.41, 5.74) is 14.6. The fourth-order valence-electron chi connectivity index (χ4n) is 8.22. The Kier molecular flexibility index (Phi) is 7.19. The van der Waals surface area contributed by atoms with Crippen LogP contribution in [0.3, 0.4) is 0 Å². The van der Waals surface area contributed by atoms with E-state index in [0.717, 1.165) is 45.0 Å². The summed E-state index contributed by atoms with van der Waals surface area (Å²) in [6, 6.07) is 65.4. The van der Waals surface area contributed by atoms with Crippen molar-refractivity contribution in [2.45, 2.75) is 19.3 Å². The minimum Gasteiger partial charge on any atom is -0.231 e. The van der Waals surface area contributed by atoms with E-state index >= 15 is 0 Å². The lowest BCUT2D eigenvalue weighted by Gasteiger charge is -2.21. The van der Waals surface area contributed by atoms with Crippen LogP contribution in [0.25, 0.3) is 88.7 Å². The van der Waals surface area contributed by atoms with Gasteiger partial charge in [0.15, 0.2) is 5.82 Å². The van der Waals surface area contributed by atoms with Crippen LogP contribution in [0.5, 0.6) is 0 Å². The summed E-state index contributed by atoms with van der Waals surface area (Å²) in [5.74, 6) is 0.742. The minimum absolute atomic E-state index is 0.312. The third-order valence-electron chi connectivity index (χ3n) is 11.0. The van der Waals surface area contributed by atoms with Crippen LogP contribution in [0.2, 0.25) is 0 Å². The summed E-state index contributed by atoms with van der Waals surface area (Å²) in [5, 5.41) is 4.86. The highest BCUT2D eigenvalue weighted by Gasteiger charge is 2.40. The maximum absolute atomic E-state index is 5.50. The Morgan fingerprint density at radius 3 is 1.62 bits per heavy atom. The van der Waals surface area contributed by atoms with Crippen LogP contribution in [0.1, 0.15) is 25.1 Å². The van der Waals surface area contributed by atoms with E-state index in [9.17, 15) is 0 Å². The van der Waals surface area contributed by atoms with Crippen LogP contribution in [0.4, 0.5) is 0 Å². The van der Waals surface area contributed by atoms with Gasteiger partial charge in [0, 0.05) is 22.1 Å². The molecule has 1 aliphatic rings. The summed E-state index contributed by atoms with van der Waals surface area (Å²) in [4.78, 5) is 11.0. The number of hydrogen-bond acceptors (Lipinski definition) is 2. The van der Waals surface area contributed by atoms with Crippen LogP contribution in [0.15, 0.2) is 182 Å². The molecular formula is C51H36N2. The molecule has 53 heavy (non-hydrogen) atoms. The van der Waals surface area contributed by atoms with Gasteiger partial charge in [-0.05, 0) is 90.3 Å². The molecule has 0 atom stereocenters. The fraction of sp³-hybridized carbons (Fsp3) is 0.0588. The summed E-state index contributed by atoms with van der Waals surface area (Å²) < 4.78 is 0. The van der Waals surface area contributed by atoms with Crippen molar-refractivity contribution in [3.63, 3.8) is 0 Å². The zero-order valence-corrected chi connectivity index (χ0v) is 29.7. The van der Waals surface area contributed by atoms with Crippen molar-refractivity contribution < 1.29 is 0 Å². The van der Waals surface area contributed by atoms with Crippen LogP contribution in [-0.4, -0.2) is 9.97 Å². The third-order valence-corrected chi connectivity index (χ3v) is 11.0. The summed E-state index contributed by atoms with van der Waals surface area (Å²) in [6.45, 7) is 4.62. The lowest BCUT2D eigenvalue weighted by atomic mass is 9.84. The molecule has 250 valence electrons. The van der Waals surface area contributed by atoms with Gasteiger partial charge in [-0.1, -0.05) is 172 Å². The van der Waals surface area contributed by atoms with Gasteiger partial charge in [0.2, 0.25) is 0 Å². The van der Waals surface area contributed by atoms with E-state index in [4.69, 9.17) is 9.97 Å². The van der Waals surface area contributed by atoms with E-state index in [1.807, 2.05) is 0 Å². The zero-order chi connectivity index (χ0) is 35.5. The average Bonchev–Trinajstić information content (AvgIpc) is 3.44. The number of rotatable bonds is 5. The van der Waals surface area contributed by atoms with Crippen molar-refractivity contribution in [3.05, 3.63) is 193 Å². The first-order chi connectivity index (χ1) is 26.0. The van der Waals surface area contributed by atoms with Gasteiger partial charge in [0.25, 0.3) is 0 Å². The molecule has 8 aromatic carbocycles. The predicted octanol–water partition coefficient (Wildman–Crippen LogP) is 13.4. The lowest BCUT2D eigenvalue weighted by Crippen LogP contribution is -2.17. The molecule has 9 aromatic rings. The van der Waals surface area contributed by atoms with E-state index < -0.39 is 0 Å². The fourth-order valence-corrected chi connectivity index (χ4v) is 8.22. The van der Waals surface area contributed by atoms with Gasteiger partial charge in [0.1, 0.15) is 0 Å². The van der Waals surface area contributed by atoms with Gasteiger partial charge in [0.05, 0.1) is 11.4 Å². The van der Waals surface area contributed by atoms with Crippen molar-refractivity contribution in [1.82, 2.24) is 9.97 Å². The van der Waals surface area contributed by atoms with Crippen molar-refractivity contribution in [2.24, 2.45) is 0 Å². The lowest BCUT2D eigenvalue weighted by molar-refractivity contribution is 0.637. The van der Waals surface area contributed by atoms with Crippen LogP contribution in [0, 0.1) is 0 Å². The number of fused-ring (bicyclic) bond motifs is 5. The molecule has 1 heterocycles. The van der Waals surface area contributed by atoms with Gasteiger partial charge in [-0.2, -0.15) is 0 Å². The molecule has 0 saturated heterocycles. The SMILES string of the molecule is CC1(C)c2cc3ccccc3cc2-c2c(-c3cccc4ccccc34)nc(-c3cccc(-c4cccc(-c5ccc(-c6ccccc6)cc5)c4)c3)nc21. The average molecular weight is 677 g/mol. The van der Waals surface area contributed by atoms with Gasteiger partial charge >= 0.3 is 0 Å². The van der Waals surface area contributed by atoms with Crippen molar-refractivity contribution >= 4 is 21.5 Å². The Labute approximate surface area is 310 Å². The first-order valence-corrected chi connectivity index (χ1v) is 18.3. The van der Waals surface area contributed by atoms with Gasteiger partial charge in [-0.25, -0.2) is 9.97 Å². The molecule has 0 aliphatic heterocycles. The molecule has 0 unspecified atom stereocenters. The molecule has 0 saturated carbocycles. The third kappa shape index (κ3) is 5.26. The summed E-state index contributed by atoms with van der Waals surface area (Å²) in [6.07, 6.45) is 0. The summed E-state index contributed by atoms with van der Waals surface area (Å²) in [7, 11) is 0. The number of nitrogens with zero attached hydrogens (tertiary/aromatic N) is 2. The highest BCUT2D eigenvalue weighted by atomic mass is 14.9. The van der Waals surface area contributed by atoms with E-state index in [0.29, 0.717) is 0 Å². The Morgan fingerprint density at radius 2 is 0.887 bits per heavy atom. The molecule has 2 nitrogen and oxygen atoms in total. The van der Waals surface area contributed by atoms with Gasteiger partial charge in [-0.3, -0.25) is 0 Å². The van der Waals surface area contributed by atoms with Gasteiger partial charge < -0.3 is 0 Å². The highest BCUT2D eigenvalue weighted by Crippen LogP contribution is 2.53. The van der Waals surface area contributed by atoms with Crippen LogP contribution < -0.4 is 0 Å². The molecule has 0 amide bonds. The van der Waals surface area contributed by atoms with Crippen molar-refractivity contribution in [2.75, 3.05) is 0 Å². The van der Waals surface area contributed by atoms with E-state index in [-0.39, 0.29) is 5.41 Å². The molecule has 0 spiro atoms. The van der Waals surface area contributed by atoms with Gasteiger partial charge in [-0.15, -0.1) is 0 Å². The molecule has 1 aromatic heterocycles. The molecular weight excluding hydrogens is 641 g/mol. The molecule has 0 N–H and O–H groups in total. The Morgan fingerprint density at radius 1 is 0.377 bits per heavy atom. The quantitative estimate of drug-likeness (QED) is 0.181. The summed E-state index contributed by atoms with van der Waals surface area (Å²) >= 11 is 0. The maximum atomic E-state index is 5.50. The predicted molar refractivity (Wildman–Crippen MR) is 222 cm³/mol. The zero-order valence-electron chi connectivity index (χ0n) is 29.7. The Balaban J connectivity index is 1.11. The second-order valence-electron chi connectivity index (χ2n) is 14.6. The Bertz CT molecular complexity index is 2840. The molecule has 0 radical (unpaired) electrons. The van der Waals surface area contributed by atoms with E-state index in [2.05, 4.69) is 196 Å². The minimum atomic E-state index is -0.312. The maximum Gasteiger partial charge on any atom is 0.160 e. The normalized spacial score (nSPS) is 12.9. The number of hydrogen-bond donors (Lipinski definition) is 0. The molecule has 2 heteroatoms. The topological polar surface area (TPSA) is 25.8 Å². The Hall–Kier alpha value is -6.64. The van der Waals surface area contributed by atoms with Crippen LogP contribution >= 0.6 is 0 Å². The standard InChI is InChI=1S/C51H36N2/c1-51(2)46-32-41-17-7-6-16-40(41)31-45(46)47-48(44-24-12-18-36-15-8-9-23-43(36)44)52-50(53-49(47)51)42-22-11-21-39(30-42)38-20-10-19-37(29-38)35-27-25-34(26-28-35)33-13-4-3-5-14-33/h3-32H,1-2H3. The molecule has 0 fully saturated rings. The van der Waals surface area contributed by atoms with E-state index in [1.165, 1.54) is 54.9 Å². The smallest absolute Gasteiger partial charge is 0.160 e. The monoisotopic (exact) mass is 676 g/mol. The number of aromatic nitrogens is 2.